The van der Waals surface area contributed by atoms with E-state index in [0.717, 1.165) is 10.0 Å². The zero-order valence-electron chi connectivity index (χ0n) is 18.4. The van der Waals surface area contributed by atoms with Crippen molar-refractivity contribution in [1.29, 1.82) is 0 Å². The van der Waals surface area contributed by atoms with E-state index in [0.29, 0.717) is 5.56 Å². The van der Waals surface area contributed by atoms with Crippen LogP contribution in [0.15, 0.2) is 59.1 Å². The monoisotopic (exact) mass is 509 g/mol. The molecule has 4 atom stereocenters. The van der Waals surface area contributed by atoms with E-state index in [1.54, 1.807) is 41.1 Å². The Morgan fingerprint density at radius 2 is 1.70 bits per heavy atom. The van der Waals surface area contributed by atoms with Gasteiger partial charge in [-0.1, -0.05) is 53.2 Å². The van der Waals surface area contributed by atoms with Crippen LogP contribution in [-0.2, 0) is 20.9 Å². The quantitative estimate of drug-likeness (QED) is 0.593. The normalized spacial score (nSPS) is 28.5. The SMILES string of the molecule is CC[C@]12C(=O)N(C)CC(C3C(=O)N(Cc4ccccc4)C(=O)C31)N2C(=O)c1ccc(Br)cc1. The van der Waals surface area contributed by atoms with Gasteiger partial charge in [-0.2, -0.15) is 0 Å². The number of imide groups is 1. The Morgan fingerprint density at radius 3 is 2.33 bits per heavy atom. The Balaban J connectivity index is 1.58. The van der Waals surface area contributed by atoms with Crippen LogP contribution >= 0.6 is 15.9 Å². The molecule has 0 radical (unpaired) electrons. The molecule has 0 saturated carbocycles. The van der Waals surface area contributed by atoms with E-state index in [4.69, 9.17) is 0 Å². The lowest BCUT2D eigenvalue weighted by Gasteiger charge is -2.48. The van der Waals surface area contributed by atoms with Gasteiger partial charge in [0.25, 0.3) is 5.91 Å². The minimum Gasteiger partial charge on any atom is -0.342 e. The molecule has 3 aliphatic rings. The van der Waals surface area contributed by atoms with Gasteiger partial charge < -0.3 is 9.80 Å². The summed E-state index contributed by atoms with van der Waals surface area (Å²) in [5.41, 5.74) is -0.0921. The maximum Gasteiger partial charge on any atom is 0.255 e. The minimum atomic E-state index is -1.37. The molecule has 2 bridgehead atoms. The molecule has 8 heteroatoms. The van der Waals surface area contributed by atoms with Gasteiger partial charge in [0.1, 0.15) is 5.54 Å². The second-order valence-corrected chi connectivity index (χ2v) is 9.88. The largest absolute Gasteiger partial charge is 0.342 e. The third kappa shape index (κ3) is 3.00. The maximum absolute atomic E-state index is 13.7. The molecule has 33 heavy (non-hydrogen) atoms. The average molecular weight is 510 g/mol. The molecule has 3 heterocycles. The van der Waals surface area contributed by atoms with Crippen LogP contribution in [0.2, 0.25) is 0 Å². The van der Waals surface area contributed by atoms with Crippen molar-refractivity contribution in [3.63, 3.8) is 0 Å². The molecule has 0 aliphatic carbocycles. The second kappa shape index (κ2) is 7.80. The summed E-state index contributed by atoms with van der Waals surface area (Å²) in [5.74, 6) is -2.86. The number of rotatable bonds is 4. The van der Waals surface area contributed by atoms with Crippen LogP contribution in [0.4, 0.5) is 0 Å². The predicted octanol–water partition coefficient (Wildman–Crippen LogP) is 2.70. The standard InChI is InChI=1S/C25H24BrN3O4/c1-3-25-20-19(22(31)28(23(20)32)13-15-7-5-4-6-8-15)18(14-27(2)24(25)33)29(25)21(30)16-9-11-17(26)12-10-16/h4-12,18-20H,3,13-14H2,1-2H3/t18?,19?,20?,25-/m1/s1. The fourth-order valence-corrected chi connectivity index (χ4v) is 6.16. The van der Waals surface area contributed by atoms with E-state index < -0.39 is 23.4 Å². The first-order valence-electron chi connectivity index (χ1n) is 11.0. The Kier molecular flexibility index (Phi) is 5.16. The lowest BCUT2D eigenvalue weighted by Crippen LogP contribution is -2.68. The second-order valence-electron chi connectivity index (χ2n) is 8.96. The van der Waals surface area contributed by atoms with Crippen LogP contribution in [0, 0.1) is 11.8 Å². The third-order valence-electron chi connectivity index (χ3n) is 7.34. The molecule has 2 aromatic carbocycles. The first kappa shape index (κ1) is 21.8. The first-order valence-corrected chi connectivity index (χ1v) is 11.8. The summed E-state index contributed by atoms with van der Waals surface area (Å²) in [6, 6.07) is 15.7. The van der Waals surface area contributed by atoms with Gasteiger partial charge in [-0.25, -0.2) is 0 Å². The highest BCUT2D eigenvalue weighted by Crippen LogP contribution is 2.54. The number of carbonyl (C=O) groups excluding carboxylic acids is 4. The summed E-state index contributed by atoms with van der Waals surface area (Å²) in [6.07, 6.45) is 0.258. The van der Waals surface area contributed by atoms with Crippen molar-refractivity contribution < 1.29 is 19.2 Å². The van der Waals surface area contributed by atoms with Gasteiger partial charge in [-0.05, 0) is 36.2 Å². The van der Waals surface area contributed by atoms with Crippen molar-refractivity contribution in [1.82, 2.24) is 14.7 Å². The highest BCUT2D eigenvalue weighted by atomic mass is 79.9. The Labute approximate surface area is 200 Å². The number of likely N-dealkylation sites (tertiary alicyclic amines) is 2. The number of halogens is 1. The molecule has 5 rings (SSSR count). The fraction of sp³-hybridized carbons (Fsp3) is 0.360. The lowest BCUT2D eigenvalue weighted by atomic mass is 9.78. The third-order valence-corrected chi connectivity index (χ3v) is 7.87. The summed E-state index contributed by atoms with van der Waals surface area (Å²) in [6.45, 7) is 2.21. The summed E-state index contributed by atoms with van der Waals surface area (Å²) < 4.78 is 0.834. The van der Waals surface area contributed by atoms with Crippen LogP contribution in [0.25, 0.3) is 0 Å². The van der Waals surface area contributed by atoms with E-state index in [9.17, 15) is 19.2 Å². The molecule has 0 spiro atoms. The zero-order valence-corrected chi connectivity index (χ0v) is 20.0. The average Bonchev–Trinajstić information content (AvgIpc) is 3.21. The number of carbonyl (C=O) groups is 4. The number of likely N-dealkylation sites (N-methyl/N-ethyl adjacent to an activating group) is 1. The van der Waals surface area contributed by atoms with E-state index >= 15 is 0 Å². The molecular formula is C25H24BrN3O4. The Hall–Kier alpha value is -3.00. The highest BCUT2D eigenvalue weighted by Gasteiger charge is 2.74. The Morgan fingerprint density at radius 1 is 1.03 bits per heavy atom. The molecular weight excluding hydrogens is 486 g/mol. The molecule has 2 aromatic rings. The van der Waals surface area contributed by atoms with Crippen molar-refractivity contribution >= 4 is 39.6 Å². The molecule has 3 fully saturated rings. The molecule has 0 N–H and O–H groups in total. The van der Waals surface area contributed by atoms with E-state index in [-0.39, 0.29) is 43.1 Å². The number of benzene rings is 2. The van der Waals surface area contributed by atoms with Gasteiger partial charge in [-0.15, -0.1) is 0 Å². The molecule has 3 aliphatic heterocycles. The summed E-state index contributed by atoms with van der Waals surface area (Å²) in [7, 11) is 1.68. The highest BCUT2D eigenvalue weighted by molar-refractivity contribution is 9.10. The number of piperazine rings is 1. The van der Waals surface area contributed by atoms with Crippen LogP contribution in [-0.4, -0.2) is 63.5 Å². The smallest absolute Gasteiger partial charge is 0.255 e. The molecule has 170 valence electrons. The number of fused-ring (bicyclic) bond motifs is 5. The zero-order chi connectivity index (χ0) is 23.5. The van der Waals surface area contributed by atoms with Crippen LogP contribution < -0.4 is 0 Å². The van der Waals surface area contributed by atoms with E-state index in [1.807, 2.05) is 37.3 Å². The van der Waals surface area contributed by atoms with Gasteiger partial charge in [0.15, 0.2) is 0 Å². The van der Waals surface area contributed by atoms with Gasteiger partial charge in [0.2, 0.25) is 17.7 Å². The van der Waals surface area contributed by atoms with Crippen LogP contribution in [0.1, 0.15) is 29.3 Å². The van der Waals surface area contributed by atoms with Crippen LogP contribution in [0.3, 0.4) is 0 Å². The molecule has 4 amide bonds. The number of amides is 4. The molecule has 7 nitrogen and oxygen atoms in total. The maximum atomic E-state index is 13.7. The first-order chi connectivity index (χ1) is 15.8. The lowest BCUT2D eigenvalue weighted by molar-refractivity contribution is -0.155. The molecule has 3 saturated heterocycles. The fourth-order valence-electron chi connectivity index (χ4n) is 5.90. The number of hydrogen-bond acceptors (Lipinski definition) is 4. The van der Waals surface area contributed by atoms with Crippen LogP contribution in [0.5, 0.6) is 0 Å². The van der Waals surface area contributed by atoms with Crippen molar-refractivity contribution in [2.45, 2.75) is 31.5 Å². The molecule has 3 unspecified atom stereocenters. The molecule has 0 aromatic heterocycles. The summed E-state index contributed by atoms with van der Waals surface area (Å²) in [4.78, 5) is 59.1. The van der Waals surface area contributed by atoms with Gasteiger partial charge in [-0.3, -0.25) is 24.1 Å². The van der Waals surface area contributed by atoms with Crippen molar-refractivity contribution in [3.05, 3.63) is 70.2 Å². The van der Waals surface area contributed by atoms with Gasteiger partial charge in [0.05, 0.1) is 24.4 Å². The van der Waals surface area contributed by atoms with Crippen molar-refractivity contribution in [2.75, 3.05) is 13.6 Å². The minimum absolute atomic E-state index is 0.169. The number of hydrogen-bond donors (Lipinski definition) is 0. The summed E-state index contributed by atoms with van der Waals surface area (Å²) >= 11 is 3.38. The van der Waals surface area contributed by atoms with Gasteiger partial charge in [0, 0.05) is 23.6 Å². The predicted molar refractivity (Wildman–Crippen MR) is 124 cm³/mol. The number of nitrogens with zero attached hydrogens (tertiary/aromatic N) is 3. The summed E-state index contributed by atoms with van der Waals surface area (Å²) in [5, 5.41) is 0. The van der Waals surface area contributed by atoms with E-state index in [2.05, 4.69) is 15.9 Å². The van der Waals surface area contributed by atoms with Gasteiger partial charge >= 0.3 is 0 Å². The van der Waals surface area contributed by atoms with Crippen molar-refractivity contribution in [3.8, 4) is 0 Å². The Bertz CT molecular complexity index is 1150. The topological polar surface area (TPSA) is 78.0 Å². The van der Waals surface area contributed by atoms with Crippen molar-refractivity contribution in [2.24, 2.45) is 11.8 Å². The van der Waals surface area contributed by atoms with E-state index in [1.165, 1.54) is 4.90 Å².